The number of nitrogens with one attached hydrogen (secondary N) is 4. The van der Waals surface area contributed by atoms with Gasteiger partial charge in [-0.25, -0.2) is 4.79 Å². The first-order valence-electron chi connectivity index (χ1n) is 21.1. The number of aliphatic carboxylic acids is 1. The van der Waals surface area contributed by atoms with Crippen LogP contribution in [0.3, 0.4) is 0 Å². The van der Waals surface area contributed by atoms with E-state index in [1.807, 2.05) is 13.8 Å². The number of rotatable bonds is 20. The molecule has 12 atom stereocenters. The highest BCUT2D eigenvalue weighted by atomic mass is 16.8. The van der Waals surface area contributed by atoms with Crippen molar-refractivity contribution in [2.24, 2.45) is 11.8 Å². The van der Waals surface area contributed by atoms with Crippen LogP contribution >= 0.6 is 0 Å². The van der Waals surface area contributed by atoms with Crippen molar-refractivity contribution in [2.75, 3.05) is 27.3 Å². The Kier molecular flexibility index (Phi) is 17.5. The Morgan fingerprint density at radius 3 is 1.50 bits per heavy atom. The molecule has 19 heteroatoms. The normalized spacial score (nSPS) is 31.5. The average Bonchev–Trinajstić information content (AvgIpc) is 3.63. The molecule has 60 heavy (non-hydrogen) atoms. The fraction of sp³-hybridized carbons (Fsp3) is 0.878. The fourth-order valence-corrected chi connectivity index (χ4v) is 8.39. The summed E-state index contributed by atoms with van der Waals surface area (Å²) in [6, 6.07) is -1.26. The molecule has 0 aromatic heterocycles. The fourth-order valence-electron chi connectivity index (χ4n) is 8.39. The summed E-state index contributed by atoms with van der Waals surface area (Å²) in [5.41, 5.74) is -0.753. The van der Waals surface area contributed by atoms with Crippen molar-refractivity contribution < 1.29 is 71.7 Å². The lowest BCUT2D eigenvalue weighted by Gasteiger charge is -2.44. The van der Waals surface area contributed by atoms with Crippen LogP contribution in [0.1, 0.15) is 114 Å². The van der Waals surface area contributed by atoms with Gasteiger partial charge in [0.05, 0.1) is 36.5 Å². The van der Waals surface area contributed by atoms with Crippen molar-refractivity contribution in [1.82, 2.24) is 21.3 Å². The predicted molar refractivity (Wildman–Crippen MR) is 213 cm³/mol. The zero-order valence-corrected chi connectivity index (χ0v) is 37.2. The molecule has 4 aliphatic rings. The second-order valence-corrected chi connectivity index (χ2v) is 18.1. The summed E-state index contributed by atoms with van der Waals surface area (Å²) in [6.45, 7) is 16.7. The summed E-state index contributed by atoms with van der Waals surface area (Å²) in [5.74, 6) is -4.14. The Balaban J connectivity index is 1.33. The highest BCUT2D eigenvalue weighted by molar-refractivity contribution is 5.78. The van der Waals surface area contributed by atoms with E-state index in [0.717, 1.165) is 0 Å². The van der Waals surface area contributed by atoms with Gasteiger partial charge in [-0.3, -0.25) is 19.2 Å². The Bertz CT molecular complexity index is 1470. The number of methoxy groups -OCH3 is 2. The summed E-state index contributed by atoms with van der Waals surface area (Å²) < 4.78 is 54.2. The van der Waals surface area contributed by atoms with E-state index in [0.29, 0.717) is 12.8 Å². The largest absolute Gasteiger partial charge is 0.481 e. The molecule has 19 nitrogen and oxygen atoms in total. The van der Waals surface area contributed by atoms with E-state index >= 15 is 0 Å². The highest BCUT2D eigenvalue weighted by Gasteiger charge is 2.56. The Morgan fingerprint density at radius 1 is 0.650 bits per heavy atom. The van der Waals surface area contributed by atoms with Gasteiger partial charge in [0.2, 0.25) is 17.7 Å². The molecule has 4 fully saturated rings. The predicted octanol–water partition coefficient (Wildman–Crippen LogP) is 2.86. The third kappa shape index (κ3) is 14.2. The van der Waals surface area contributed by atoms with Crippen LogP contribution in [0.25, 0.3) is 0 Å². The number of hydrogen-bond donors (Lipinski definition) is 5. The second-order valence-electron chi connectivity index (χ2n) is 18.1. The molecule has 0 radical (unpaired) electrons. The molecule has 5 N–H and O–H groups in total. The molecule has 0 saturated carbocycles. The van der Waals surface area contributed by atoms with E-state index < -0.39 is 90.5 Å². The zero-order chi connectivity index (χ0) is 44.6. The maximum atomic E-state index is 13.4. The van der Waals surface area contributed by atoms with Gasteiger partial charge in [-0.1, -0.05) is 13.8 Å². The van der Waals surface area contributed by atoms with Gasteiger partial charge in [-0.15, -0.1) is 0 Å². The van der Waals surface area contributed by atoms with E-state index in [9.17, 15) is 24.0 Å². The number of carbonyl (C=O) groups is 5. The third-order valence-corrected chi connectivity index (χ3v) is 11.0. The van der Waals surface area contributed by atoms with Crippen LogP contribution in [0.2, 0.25) is 0 Å². The minimum absolute atomic E-state index is 0.0383. The van der Waals surface area contributed by atoms with Crippen molar-refractivity contribution in [3.8, 4) is 0 Å². The van der Waals surface area contributed by atoms with Gasteiger partial charge in [0.15, 0.2) is 24.2 Å². The lowest BCUT2D eigenvalue weighted by molar-refractivity contribution is -0.243. The molecule has 0 bridgehead atoms. The smallest absolute Gasteiger partial charge is 0.407 e. The minimum Gasteiger partial charge on any atom is -0.481 e. The first-order chi connectivity index (χ1) is 28.0. The summed E-state index contributed by atoms with van der Waals surface area (Å²) in [6.07, 6.45) is -4.00. The molecule has 4 rings (SSSR count). The maximum absolute atomic E-state index is 13.4. The summed E-state index contributed by atoms with van der Waals surface area (Å²) in [7, 11) is 3.17. The van der Waals surface area contributed by atoms with Gasteiger partial charge in [0, 0.05) is 64.8 Å². The van der Waals surface area contributed by atoms with E-state index in [4.69, 9.17) is 47.7 Å². The van der Waals surface area contributed by atoms with Gasteiger partial charge in [0.1, 0.15) is 17.8 Å². The van der Waals surface area contributed by atoms with Crippen LogP contribution in [0.5, 0.6) is 0 Å². The number of carboxylic acids is 1. The van der Waals surface area contributed by atoms with Crippen molar-refractivity contribution >= 4 is 29.8 Å². The van der Waals surface area contributed by atoms with Gasteiger partial charge in [0.25, 0.3) is 0 Å². The summed E-state index contributed by atoms with van der Waals surface area (Å²) >= 11 is 0. The minimum atomic E-state index is -0.942. The van der Waals surface area contributed by atoms with E-state index in [1.165, 1.54) is 0 Å². The van der Waals surface area contributed by atoms with Crippen LogP contribution in [0, 0.1) is 11.8 Å². The second kappa shape index (κ2) is 21.3. The molecule has 344 valence electrons. The number of carbonyl (C=O) groups excluding carboxylic acids is 4. The number of amides is 4. The van der Waals surface area contributed by atoms with Crippen LogP contribution in [-0.4, -0.2) is 141 Å². The first kappa shape index (κ1) is 49.5. The third-order valence-electron chi connectivity index (χ3n) is 11.0. The molecule has 0 aliphatic carbocycles. The average molecular weight is 859 g/mol. The van der Waals surface area contributed by atoms with Gasteiger partial charge in [-0.05, 0) is 74.1 Å². The Morgan fingerprint density at radius 2 is 1.08 bits per heavy atom. The quantitative estimate of drug-likeness (QED) is 0.111. The number of carboxylic acid groups (broad SMARTS) is 1. The first-order valence-corrected chi connectivity index (χ1v) is 21.1. The number of alkyl carbamates (subject to hydrolysis) is 1. The monoisotopic (exact) mass is 858 g/mol. The van der Waals surface area contributed by atoms with Crippen LogP contribution in [0.4, 0.5) is 4.79 Å². The standard InChI is InChI=1S/C41H70N4O15/c1-22-30(54-36-34(32(22)52-10)56-40(6,7)58-36)24(16-18-26(46)43-21-13-15-29(49)50)44-28(48)14-12-20-42-27(47)19-17-25(45-38(51)60-39(3,4)5)31-23(2)33(53-11)35-37(55-31)59-41(8,9)57-35/h22-25,30-37H,12-21H2,1-11H3,(H,42,47)(H,43,46)(H,44,48)(H,45,51)(H,49,50)/t22-,23-,24+,25+,30?,31?,32+,33+,34-,35-,36-,37-/m1/s1. The highest BCUT2D eigenvalue weighted by Crippen LogP contribution is 2.42. The van der Waals surface area contributed by atoms with Crippen molar-refractivity contribution in [3.63, 3.8) is 0 Å². The number of ether oxygens (including phenoxy) is 9. The molecule has 0 spiro atoms. The zero-order valence-electron chi connectivity index (χ0n) is 37.2. The van der Waals surface area contributed by atoms with E-state index in [-0.39, 0.29) is 81.2 Å². The summed E-state index contributed by atoms with van der Waals surface area (Å²) in [4.78, 5) is 63.2. The van der Waals surface area contributed by atoms with Crippen LogP contribution < -0.4 is 21.3 Å². The molecule has 4 amide bonds. The molecular formula is C41H70N4O15. The van der Waals surface area contributed by atoms with Gasteiger partial charge >= 0.3 is 12.1 Å². The topological polar surface area (TPSA) is 237 Å². The van der Waals surface area contributed by atoms with E-state index in [1.54, 1.807) is 62.7 Å². The van der Waals surface area contributed by atoms with Gasteiger partial charge in [-0.2, -0.15) is 0 Å². The summed E-state index contributed by atoms with van der Waals surface area (Å²) in [5, 5.41) is 20.5. The maximum Gasteiger partial charge on any atom is 0.407 e. The molecular weight excluding hydrogens is 788 g/mol. The lowest BCUT2D eigenvalue weighted by Crippen LogP contribution is -2.59. The van der Waals surface area contributed by atoms with Gasteiger partial charge < -0.3 is 69.0 Å². The van der Waals surface area contributed by atoms with E-state index in [2.05, 4.69) is 21.3 Å². The van der Waals surface area contributed by atoms with Crippen molar-refractivity contribution in [1.29, 1.82) is 0 Å². The lowest BCUT2D eigenvalue weighted by atomic mass is 9.85. The number of hydrogen-bond acceptors (Lipinski definition) is 14. The van der Waals surface area contributed by atoms with Crippen molar-refractivity contribution in [2.45, 2.75) is 192 Å². The van der Waals surface area contributed by atoms with Crippen LogP contribution in [0.15, 0.2) is 0 Å². The van der Waals surface area contributed by atoms with Crippen molar-refractivity contribution in [3.05, 3.63) is 0 Å². The number of fused-ring (bicyclic) bond motifs is 2. The Hall–Kier alpha value is -3.17. The Labute approximate surface area is 353 Å². The molecule has 0 aromatic carbocycles. The molecule has 4 heterocycles. The SMILES string of the molecule is CO[C@@H]1[C@H]2OC(C)(C)O[C@H]2OC([C@H](CCC(=O)NCCCC(=O)O)NC(=O)CCCNC(=O)CC[C@H](NC(=O)OC(C)(C)C)C2O[C@@H]3OC(C)(C)O[C@@H]3[C@@H](OC)[C@@H]2C)[C@H]1C. The molecule has 0 aromatic rings. The molecule has 4 saturated heterocycles. The molecule has 2 unspecified atom stereocenters. The molecule has 4 aliphatic heterocycles. The van der Waals surface area contributed by atoms with Crippen LogP contribution in [-0.2, 0) is 61.8 Å².